The molecule has 1 N–H and O–H groups in total. The third-order valence-corrected chi connectivity index (χ3v) is 5.43. The fourth-order valence-electron chi connectivity index (χ4n) is 2.76. The number of hydrogen-bond donors (Lipinski definition) is 1. The van der Waals surface area contributed by atoms with E-state index in [1.807, 2.05) is 12.1 Å². The van der Waals surface area contributed by atoms with Gasteiger partial charge in [0.15, 0.2) is 0 Å². The van der Waals surface area contributed by atoms with E-state index in [4.69, 9.17) is 5.26 Å². The number of pyridine rings is 1. The van der Waals surface area contributed by atoms with Gasteiger partial charge in [0.2, 0.25) is 0 Å². The van der Waals surface area contributed by atoms with Crippen molar-refractivity contribution < 1.29 is 8.42 Å². The third-order valence-electron chi connectivity index (χ3n) is 4.07. The van der Waals surface area contributed by atoms with E-state index in [1.54, 1.807) is 42.6 Å². The highest BCUT2D eigenvalue weighted by Gasteiger charge is 2.20. The van der Waals surface area contributed by atoms with Crippen LogP contribution in [-0.2, 0) is 16.6 Å². The molecule has 8 nitrogen and oxygen atoms in total. The van der Waals surface area contributed by atoms with Crippen LogP contribution in [0.15, 0.2) is 72.0 Å². The van der Waals surface area contributed by atoms with Crippen molar-refractivity contribution in [3.63, 3.8) is 0 Å². The lowest BCUT2D eigenvalue weighted by atomic mass is 10.1. The maximum absolute atomic E-state index is 12.8. The predicted octanol–water partition coefficient (Wildman–Crippen LogP) is 2.55. The average Bonchev–Trinajstić information content (AvgIpc) is 3.14. The van der Waals surface area contributed by atoms with Crippen molar-refractivity contribution >= 4 is 26.9 Å². The summed E-state index contributed by atoms with van der Waals surface area (Å²) in [6.45, 7) is 0.399. The summed E-state index contributed by atoms with van der Waals surface area (Å²) in [6, 6.07) is 17.6. The Balaban J connectivity index is 1.56. The van der Waals surface area contributed by atoms with Gasteiger partial charge in [-0.05, 0) is 29.8 Å². The molecule has 0 amide bonds. The van der Waals surface area contributed by atoms with Gasteiger partial charge < -0.3 is 0 Å². The van der Waals surface area contributed by atoms with Crippen molar-refractivity contribution in [1.29, 1.82) is 5.26 Å². The molecule has 28 heavy (non-hydrogen) atoms. The molecule has 2 aromatic carbocycles. The number of nitrogens with zero attached hydrogens (tertiary/aromatic N) is 5. The monoisotopic (exact) mass is 390 g/mol. The second kappa shape index (κ2) is 7.09. The van der Waals surface area contributed by atoms with E-state index in [0.717, 1.165) is 10.9 Å². The van der Waals surface area contributed by atoms with Crippen LogP contribution in [0.2, 0.25) is 0 Å². The van der Waals surface area contributed by atoms with Gasteiger partial charge in [-0.1, -0.05) is 30.3 Å². The van der Waals surface area contributed by atoms with E-state index >= 15 is 0 Å². The van der Waals surface area contributed by atoms with Gasteiger partial charge in [0.25, 0.3) is 16.0 Å². The smallest absolute Gasteiger partial charge is 0.255 e. The molecular weight excluding hydrogens is 376 g/mol. The summed E-state index contributed by atoms with van der Waals surface area (Å²) >= 11 is 0. The molecule has 0 spiro atoms. The van der Waals surface area contributed by atoms with Crippen molar-refractivity contribution in [2.45, 2.75) is 11.4 Å². The molecule has 0 radical (unpaired) electrons. The van der Waals surface area contributed by atoms with Crippen LogP contribution < -0.4 is 4.72 Å². The van der Waals surface area contributed by atoms with E-state index in [-0.39, 0.29) is 10.8 Å². The number of rotatable bonds is 5. The van der Waals surface area contributed by atoms with Crippen molar-refractivity contribution in [2.75, 3.05) is 4.72 Å². The SMILES string of the molecule is N#Cc1ccc(Cn2cnc(NS(=O)(=O)c3cccc4cccnc34)n2)cc1. The van der Waals surface area contributed by atoms with Gasteiger partial charge in [0.1, 0.15) is 11.2 Å². The summed E-state index contributed by atoms with van der Waals surface area (Å²) in [5.41, 5.74) is 1.87. The zero-order valence-corrected chi connectivity index (χ0v) is 15.3. The maximum Gasteiger partial charge on any atom is 0.266 e. The summed E-state index contributed by atoms with van der Waals surface area (Å²) in [6.07, 6.45) is 2.99. The molecule has 0 unspecified atom stereocenters. The Hall–Kier alpha value is -3.77. The summed E-state index contributed by atoms with van der Waals surface area (Å²) in [4.78, 5) is 8.27. The van der Waals surface area contributed by atoms with Gasteiger partial charge in [-0.25, -0.2) is 17.8 Å². The molecule has 9 heteroatoms. The average molecular weight is 390 g/mol. The first kappa shape index (κ1) is 17.6. The van der Waals surface area contributed by atoms with E-state index < -0.39 is 10.0 Å². The van der Waals surface area contributed by atoms with E-state index in [0.29, 0.717) is 17.6 Å². The lowest BCUT2D eigenvalue weighted by molar-refractivity contribution is 0.601. The zero-order valence-electron chi connectivity index (χ0n) is 14.5. The summed E-state index contributed by atoms with van der Waals surface area (Å²) in [7, 11) is -3.90. The molecule has 2 aromatic heterocycles. The first-order valence-electron chi connectivity index (χ1n) is 8.30. The summed E-state index contributed by atoms with van der Waals surface area (Å²) < 4.78 is 29.5. The molecule has 4 rings (SSSR count). The first-order valence-corrected chi connectivity index (χ1v) is 9.78. The van der Waals surface area contributed by atoms with Gasteiger partial charge in [0.05, 0.1) is 23.7 Å². The van der Waals surface area contributed by atoms with Gasteiger partial charge in [-0.3, -0.25) is 4.98 Å². The maximum atomic E-state index is 12.8. The zero-order chi connectivity index (χ0) is 19.6. The second-order valence-corrected chi connectivity index (χ2v) is 7.66. The van der Waals surface area contributed by atoms with Gasteiger partial charge in [0, 0.05) is 11.6 Å². The van der Waals surface area contributed by atoms with E-state index in [2.05, 4.69) is 25.9 Å². The molecular formula is C19H14N6O2S. The molecule has 0 bridgehead atoms. The number of benzene rings is 2. The van der Waals surface area contributed by atoms with Gasteiger partial charge in [-0.15, -0.1) is 5.10 Å². The Morgan fingerprint density at radius 3 is 2.61 bits per heavy atom. The normalized spacial score (nSPS) is 11.2. The standard InChI is InChI=1S/C19H14N6O2S/c20-11-14-6-8-15(9-7-14)12-25-13-22-19(23-25)24-28(26,27)17-5-1-3-16-4-2-10-21-18(16)17/h1-10,13H,12H2,(H,23,24). The molecule has 2 heterocycles. The minimum absolute atomic E-state index is 0.0263. The Labute approximate surface area is 161 Å². The number of anilines is 1. The lowest BCUT2D eigenvalue weighted by Gasteiger charge is -2.07. The van der Waals surface area contributed by atoms with E-state index in [9.17, 15) is 8.42 Å². The molecule has 138 valence electrons. The molecule has 0 saturated heterocycles. The van der Waals surface area contributed by atoms with Crippen LogP contribution in [0.5, 0.6) is 0 Å². The fraction of sp³-hybridized carbons (Fsp3) is 0.0526. The highest BCUT2D eigenvalue weighted by molar-refractivity contribution is 7.93. The second-order valence-electron chi connectivity index (χ2n) is 6.01. The van der Waals surface area contributed by atoms with Crippen molar-refractivity contribution in [3.05, 3.63) is 78.2 Å². The molecule has 0 atom stereocenters. The van der Waals surface area contributed by atoms with Crippen LogP contribution in [0.1, 0.15) is 11.1 Å². The Kier molecular flexibility index (Phi) is 4.47. The molecule has 0 aliphatic heterocycles. The number of hydrogen-bond acceptors (Lipinski definition) is 6. The molecule has 4 aromatic rings. The fourth-order valence-corrected chi connectivity index (χ4v) is 3.88. The Morgan fingerprint density at radius 2 is 1.82 bits per heavy atom. The van der Waals surface area contributed by atoms with Crippen LogP contribution in [0.25, 0.3) is 10.9 Å². The van der Waals surface area contributed by atoms with Gasteiger partial charge >= 0.3 is 0 Å². The van der Waals surface area contributed by atoms with Crippen LogP contribution >= 0.6 is 0 Å². The highest BCUT2D eigenvalue weighted by atomic mass is 32.2. The van der Waals surface area contributed by atoms with Gasteiger partial charge in [-0.2, -0.15) is 10.2 Å². The third kappa shape index (κ3) is 3.54. The number of nitrogens with one attached hydrogen (secondary N) is 1. The quantitative estimate of drug-likeness (QED) is 0.560. The molecule has 0 aliphatic carbocycles. The Morgan fingerprint density at radius 1 is 1.04 bits per heavy atom. The number of para-hydroxylation sites is 1. The summed E-state index contributed by atoms with van der Waals surface area (Å²) in [5, 5.41) is 13.7. The van der Waals surface area contributed by atoms with Crippen LogP contribution in [-0.4, -0.2) is 28.2 Å². The van der Waals surface area contributed by atoms with Crippen molar-refractivity contribution in [2.24, 2.45) is 0 Å². The molecule has 0 fully saturated rings. The van der Waals surface area contributed by atoms with Crippen LogP contribution in [0.3, 0.4) is 0 Å². The van der Waals surface area contributed by atoms with E-state index in [1.165, 1.54) is 17.1 Å². The topological polar surface area (TPSA) is 114 Å². The lowest BCUT2D eigenvalue weighted by Crippen LogP contribution is -2.15. The van der Waals surface area contributed by atoms with Crippen LogP contribution in [0, 0.1) is 11.3 Å². The minimum atomic E-state index is -3.90. The van der Waals surface area contributed by atoms with Crippen LogP contribution in [0.4, 0.5) is 5.95 Å². The minimum Gasteiger partial charge on any atom is -0.255 e. The van der Waals surface area contributed by atoms with Crippen molar-refractivity contribution in [3.8, 4) is 6.07 Å². The predicted molar refractivity (Wildman–Crippen MR) is 103 cm³/mol. The number of sulfonamides is 1. The number of aromatic nitrogens is 4. The molecule has 0 aliphatic rings. The molecule has 0 saturated carbocycles. The first-order chi connectivity index (χ1) is 13.5. The highest BCUT2D eigenvalue weighted by Crippen LogP contribution is 2.22. The number of fused-ring (bicyclic) bond motifs is 1. The summed E-state index contributed by atoms with van der Waals surface area (Å²) in [5.74, 6) is -0.0263. The number of nitriles is 1. The Bertz CT molecular complexity index is 1280. The largest absolute Gasteiger partial charge is 0.266 e. The van der Waals surface area contributed by atoms with Crippen molar-refractivity contribution in [1.82, 2.24) is 19.7 Å².